The molecule has 3 aliphatic heterocycles. The molecule has 0 saturated carbocycles. The maximum Gasteiger partial charge on any atom is 0.266 e. The number of nitrogens with zero attached hydrogens (tertiary/aromatic N) is 4. The Hall–Kier alpha value is -3.88. The Morgan fingerprint density at radius 1 is 0.740 bits per heavy atom. The first kappa shape index (κ1) is 37.4. The molecule has 3 saturated heterocycles. The molecule has 3 aliphatic rings. The van der Waals surface area contributed by atoms with Crippen LogP contribution in [-0.2, 0) is 19.2 Å². The van der Waals surface area contributed by atoms with Gasteiger partial charge in [0.2, 0.25) is 11.8 Å². The summed E-state index contributed by atoms with van der Waals surface area (Å²) in [7, 11) is 0. The van der Waals surface area contributed by atoms with Crippen LogP contribution in [0.4, 0.5) is 0 Å². The number of benzene rings is 2. The van der Waals surface area contributed by atoms with Crippen LogP contribution < -0.4 is 5.32 Å². The molecule has 9 nitrogen and oxygen atoms in total. The average Bonchev–Trinajstić information content (AvgIpc) is 3.51. The zero-order valence-corrected chi connectivity index (χ0v) is 31.3. The van der Waals surface area contributed by atoms with Gasteiger partial charge in [0, 0.05) is 52.2 Å². The van der Waals surface area contributed by atoms with Gasteiger partial charge >= 0.3 is 0 Å². The number of allylic oxidation sites excluding steroid dienone is 4. The van der Waals surface area contributed by atoms with Gasteiger partial charge in [-0.05, 0) is 48.3 Å². The third-order valence-electron chi connectivity index (χ3n) is 8.18. The summed E-state index contributed by atoms with van der Waals surface area (Å²) in [6, 6.07) is 19.7. The molecule has 0 aliphatic carbocycles. The second-order valence-corrected chi connectivity index (χ2v) is 15.4. The summed E-state index contributed by atoms with van der Waals surface area (Å²) in [6.45, 7) is 7.47. The molecule has 0 bridgehead atoms. The van der Waals surface area contributed by atoms with E-state index >= 15 is 0 Å². The van der Waals surface area contributed by atoms with E-state index in [4.69, 9.17) is 24.4 Å². The Kier molecular flexibility index (Phi) is 13.4. The van der Waals surface area contributed by atoms with Crippen LogP contribution in [-0.4, -0.2) is 104 Å². The lowest BCUT2D eigenvalue weighted by atomic mass is 10.1. The Morgan fingerprint density at radius 3 is 1.78 bits per heavy atom. The molecule has 0 atom stereocenters. The van der Waals surface area contributed by atoms with Crippen molar-refractivity contribution in [3.05, 3.63) is 105 Å². The predicted molar refractivity (Wildman–Crippen MR) is 211 cm³/mol. The number of rotatable bonds is 12. The number of carbonyl (C=O) groups is 4. The Labute approximate surface area is 312 Å². The molecule has 2 aromatic rings. The lowest BCUT2D eigenvalue weighted by Crippen LogP contribution is -2.52. The highest BCUT2D eigenvalue weighted by Crippen LogP contribution is 2.33. The van der Waals surface area contributed by atoms with Gasteiger partial charge < -0.3 is 10.2 Å². The second kappa shape index (κ2) is 17.9. The summed E-state index contributed by atoms with van der Waals surface area (Å²) in [5, 5.41) is 2.93. The number of hydrogen-bond donors (Lipinski definition) is 1. The first-order chi connectivity index (χ1) is 24.1. The van der Waals surface area contributed by atoms with E-state index in [9.17, 15) is 19.2 Å². The Morgan fingerprint density at radius 2 is 1.24 bits per heavy atom. The largest absolute Gasteiger partial charge is 0.355 e. The Balaban J connectivity index is 0.998. The average molecular weight is 746 g/mol. The minimum Gasteiger partial charge on any atom is -0.355 e. The molecule has 2 aromatic carbocycles. The fourth-order valence-electron chi connectivity index (χ4n) is 5.56. The van der Waals surface area contributed by atoms with Crippen LogP contribution in [0.1, 0.15) is 31.4 Å². The predicted octanol–water partition coefficient (Wildman–Crippen LogP) is 5.33. The van der Waals surface area contributed by atoms with Gasteiger partial charge in [0.1, 0.15) is 15.2 Å². The number of hydrogen-bond acceptors (Lipinski definition) is 9. The van der Waals surface area contributed by atoms with E-state index in [0.29, 0.717) is 57.7 Å². The number of piperazine rings is 1. The number of thioether (sulfide) groups is 2. The van der Waals surface area contributed by atoms with E-state index in [1.165, 1.54) is 33.3 Å². The smallest absolute Gasteiger partial charge is 0.266 e. The number of thiocarbonyl (C=S) groups is 2. The van der Waals surface area contributed by atoms with E-state index in [1.807, 2.05) is 98.8 Å². The maximum atomic E-state index is 13.1. The topological polar surface area (TPSA) is 93.3 Å². The highest BCUT2D eigenvalue weighted by Gasteiger charge is 2.35. The van der Waals surface area contributed by atoms with Gasteiger partial charge in [-0.25, -0.2) is 0 Å². The van der Waals surface area contributed by atoms with E-state index in [0.717, 1.165) is 22.3 Å². The minimum absolute atomic E-state index is 0.0811. The van der Waals surface area contributed by atoms with Gasteiger partial charge in [-0.3, -0.25) is 33.9 Å². The lowest BCUT2D eigenvalue weighted by molar-refractivity contribution is -0.136. The van der Waals surface area contributed by atoms with Gasteiger partial charge in [-0.2, -0.15) is 0 Å². The summed E-state index contributed by atoms with van der Waals surface area (Å²) in [4.78, 5) is 59.6. The normalized spacial score (nSPS) is 19.4. The summed E-state index contributed by atoms with van der Waals surface area (Å²) in [5.41, 5.74) is 3.95. The molecule has 13 heteroatoms. The van der Waals surface area contributed by atoms with Crippen molar-refractivity contribution in [1.29, 1.82) is 0 Å². The number of nitrogens with one attached hydrogen (secondary N) is 1. The SMILES string of the molecule is CC(/C=C1\SC(=S)N(CC(=O)N2CCN(CCNC(=O)CCN3C(=O)/C(=C\C(C)=C\c4ccccc4)SC3=S)CC2)C1=O)=C\c1ccccc1. The van der Waals surface area contributed by atoms with Crippen LogP contribution >= 0.6 is 48.0 Å². The van der Waals surface area contributed by atoms with Crippen molar-refractivity contribution < 1.29 is 19.2 Å². The van der Waals surface area contributed by atoms with Crippen molar-refractivity contribution in [2.75, 3.05) is 52.4 Å². The van der Waals surface area contributed by atoms with Crippen molar-refractivity contribution in [2.45, 2.75) is 20.3 Å². The van der Waals surface area contributed by atoms with E-state index in [-0.39, 0.29) is 43.1 Å². The fraction of sp³-hybridized carbons (Fsp3) is 0.297. The zero-order chi connectivity index (χ0) is 35.6. The number of carbonyl (C=O) groups excluding carboxylic acids is 4. The molecular formula is C37H39N5O4S4. The van der Waals surface area contributed by atoms with Gasteiger partial charge in [0.15, 0.2) is 0 Å². The van der Waals surface area contributed by atoms with E-state index in [1.54, 1.807) is 4.90 Å². The van der Waals surface area contributed by atoms with Crippen LogP contribution in [0.15, 0.2) is 93.8 Å². The fourth-order valence-corrected chi connectivity index (χ4v) is 8.22. The monoisotopic (exact) mass is 745 g/mol. The molecule has 0 unspecified atom stereocenters. The van der Waals surface area contributed by atoms with Crippen molar-refractivity contribution in [1.82, 2.24) is 24.9 Å². The molecule has 0 radical (unpaired) electrons. The first-order valence-corrected chi connectivity index (χ1v) is 18.8. The van der Waals surface area contributed by atoms with Gasteiger partial charge in [0.05, 0.1) is 9.81 Å². The van der Waals surface area contributed by atoms with Crippen LogP contribution in [0, 0.1) is 0 Å². The van der Waals surface area contributed by atoms with Crippen LogP contribution in [0.3, 0.4) is 0 Å². The van der Waals surface area contributed by atoms with Crippen LogP contribution in [0.25, 0.3) is 12.2 Å². The first-order valence-electron chi connectivity index (χ1n) is 16.3. The van der Waals surface area contributed by atoms with Gasteiger partial charge in [0.25, 0.3) is 11.8 Å². The van der Waals surface area contributed by atoms with Crippen LogP contribution in [0.2, 0.25) is 0 Å². The third-order valence-corrected chi connectivity index (χ3v) is 10.9. The number of amides is 4. The third kappa shape index (κ3) is 10.3. The molecule has 0 spiro atoms. The molecule has 50 heavy (non-hydrogen) atoms. The molecule has 5 rings (SSSR count). The molecule has 1 N–H and O–H groups in total. The second-order valence-electron chi connectivity index (χ2n) is 12.0. The van der Waals surface area contributed by atoms with Gasteiger partial charge in [-0.1, -0.05) is 121 Å². The molecular weight excluding hydrogens is 707 g/mol. The maximum absolute atomic E-state index is 13.1. The Bertz CT molecular complexity index is 1770. The molecule has 4 amide bonds. The molecule has 0 aromatic heterocycles. The van der Waals surface area contributed by atoms with E-state index < -0.39 is 0 Å². The highest BCUT2D eigenvalue weighted by atomic mass is 32.2. The summed E-state index contributed by atoms with van der Waals surface area (Å²) in [6.07, 6.45) is 7.80. The quantitative estimate of drug-likeness (QED) is 0.229. The zero-order valence-electron chi connectivity index (χ0n) is 28.0. The summed E-state index contributed by atoms with van der Waals surface area (Å²) in [5.74, 6) is -0.722. The van der Waals surface area contributed by atoms with Crippen molar-refractivity contribution in [2.24, 2.45) is 0 Å². The lowest BCUT2D eigenvalue weighted by Gasteiger charge is -2.35. The molecule has 260 valence electrons. The van der Waals surface area contributed by atoms with Gasteiger partial charge in [-0.15, -0.1) is 0 Å². The summed E-state index contributed by atoms with van der Waals surface area (Å²) < 4.78 is 0.834. The van der Waals surface area contributed by atoms with Crippen molar-refractivity contribution in [3.8, 4) is 0 Å². The van der Waals surface area contributed by atoms with E-state index in [2.05, 4.69) is 10.2 Å². The van der Waals surface area contributed by atoms with Crippen LogP contribution in [0.5, 0.6) is 0 Å². The van der Waals surface area contributed by atoms with Crippen molar-refractivity contribution in [3.63, 3.8) is 0 Å². The van der Waals surface area contributed by atoms with Crippen molar-refractivity contribution >= 4 is 92.4 Å². The molecule has 3 fully saturated rings. The summed E-state index contributed by atoms with van der Waals surface area (Å²) >= 11 is 13.4. The minimum atomic E-state index is -0.249. The standard InChI is InChI=1S/C37H39N5O4S4/c1-26(21-28-9-5-3-6-10-28)23-30-34(45)41(36(47)49-30)15-13-32(43)38-14-16-39-17-19-40(20-18-39)33(44)25-42-35(46)31(50-37(42)48)24-27(2)22-29-11-7-4-8-12-29/h3-12,21-24H,13-20,25H2,1-2H3,(H,38,43)/b26-21+,27-22+,30-23+,31-24-. The highest BCUT2D eigenvalue weighted by molar-refractivity contribution is 8.27. The molecule has 3 heterocycles.